The third-order valence-corrected chi connectivity index (χ3v) is 4.86. The zero-order chi connectivity index (χ0) is 14.7. The second kappa shape index (κ2) is 6.37. The van der Waals surface area contributed by atoms with Gasteiger partial charge < -0.3 is 0 Å². The van der Waals surface area contributed by atoms with Gasteiger partial charge in [0, 0.05) is 17.6 Å². The number of carbonyl (C=O) groups excluding carboxylic acids is 1. The molecular formula is C16H14N2OS2. The first-order valence-electron chi connectivity index (χ1n) is 6.67. The molecule has 0 atom stereocenters. The molecular weight excluding hydrogens is 300 g/mol. The van der Waals surface area contributed by atoms with E-state index >= 15 is 0 Å². The zero-order valence-corrected chi connectivity index (χ0v) is 13.2. The van der Waals surface area contributed by atoms with Gasteiger partial charge in [0.25, 0.3) is 0 Å². The lowest BCUT2D eigenvalue weighted by atomic mass is 10.2. The van der Waals surface area contributed by atoms with E-state index in [1.165, 1.54) is 0 Å². The molecule has 0 unspecified atom stereocenters. The van der Waals surface area contributed by atoms with E-state index in [0.29, 0.717) is 6.42 Å². The van der Waals surface area contributed by atoms with Crippen LogP contribution in [0.5, 0.6) is 0 Å². The molecule has 106 valence electrons. The molecule has 1 aromatic carbocycles. The van der Waals surface area contributed by atoms with Crippen LogP contribution in [0.4, 0.5) is 0 Å². The SMILES string of the molecule is CC(=O)CCSc1nc(-c2cccs2)nc2ccccc12. The van der Waals surface area contributed by atoms with Gasteiger partial charge in [-0.2, -0.15) is 0 Å². The van der Waals surface area contributed by atoms with Crippen molar-refractivity contribution in [3.63, 3.8) is 0 Å². The fourth-order valence-electron chi connectivity index (χ4n) is 1.96. The summed E-state index contributed by atoms with van der Waals surface area (Å²) in [6.45, 7) is 1.62. The molecule has 0 amide bonds. The molecule has 0 aliphatic heterocycles. The molecule has 0 saturated heterocycles. The molecule has 0 saturated carbocycles. The molecule has 0 spiro atoms. The summed E-state index contributed by atoms with van der Waals surface area (Å²) >= 11 is 3.26. The standard InChI is InChI=1S/C16H14N2OS2/c1-11(19)8-10-21-16-12-5-2-3-6-13(12)17-15(18-16)14-7-4-9-20-14/h2-7,9H,8,10H2,1H3. The maximum Gasteiger partial charge on any atom is 0.171 e. The number of hydrogen-bond donors (Lipinski definition) is 0. The highest BCUT2D eigenvalue weighted by Gasteiger charge is 2.10. The fourth-order valence-corrected chi connectivity index (χ4v) is 3.68. The van der Waals surface area contributed by atoms with E-state index in [0.717, 1.165) is 32.4 Å². The normalized spacial score (nSPS) is 10.9. The van der Waals surface area contributed by atoms with Crippen molar-refractivity contribution in [3.8, 4) is 10.7 Å². The maximum absolute atomic E-state index is 11.1. The first-order chi connectivity index (χ1) is 10.2. The number of ketones is 1. The van der Waals surface area contributed by atoms with Gasteiger partial charge in [0.1, 0.15) is 10.8 Å². The number of nitrogens with zero attached hydrogens (tertiary/aromatic N) is 2. The molecule has 0 fully saturated rings. The minimum atomic E-state index is 0.208. The lowest BCUT2D eigenvalue weighted by Crippen LogP contribution is -1.95. The van der Waals surface area contributed by atoms with Crippen molar-refractivity contribution in [2.45, 2.75) is 18.4 Å². The van der Waals surface area contributed by atoms with E-state index < -0.39 is 0 Å². The van der Waals surface area contributed by atoms with Gasteiger partial charge in [-0.25, -0.2) is 9.97 Å². The summed E-state index contributed by atoms with van der Waals surface area (Å²) in [5.41, 5.74) is 0.946. The van der Waals surface area contributed by atoms with Crippen LogP contribution in [-0.4, -0.2) is 21.5 Å². The molecule has 5 heteroatoms. The van der Waals surface area contributed by atoms with Crippen molar-refractivity contribution in [2.75, 3.05) is 5.75 Å². The zero-order valence-electron chi connectivity index (χ0n) is 11.6. The van der Waals surface area contributed by atoms with E-state index in [1.807, 2.05) is 41.8 Å². The number of carbonyl (C=O) groups is 1. The van der Waals surface area contributed by atoms with Gasteiger partial charge in [-0.1, -0.05) is 24.3 Å². The highest BCUT2D eigenvalue weighted by atomic mass is 32.2. The lowest BCUT2D eigenvalue weighted by Gasteiger charge is -2.07. The Hall–Kier alpha value is -1.72. The van der Waals surface area contributed by atoms with E-state index in [4.69, 9.17) is 4.98 Å². The summed E-state index contributed by atoms with van der Waals surface area (Å²) in [5, 5.41) is 4.02. The third kappa shape index (κ3) is 3.31. The molecule has 0 N–H and O–H groups in total. The predicted molar refractivity (Wildman–Crippen MR) is 88.9 cm³/mol. The number of aromatic nitrogens is 2. The average molecular weight is 314 g/mol. The lowest BCUT2D eigenvalue weighted by molar-refractivity contribution is -0.116. The van der Waals surface area contributed by atoms with Crippen LogP contribution in [0.1, 0.15) is 13.3 Å². The molecule has 2 heterocycles. The first-order valence-corrected chi connectivity index (χ1v) is 8.53. The number of rotatable bonds is 5. The third-order valence-electron chi connectivity index (χ3n) is 3.00. The van der Waals surface area contributed by atoms with Crippen LogP contribution in [0.25, 0.3) is 21.6 Å². The number of thiophene rings is 1. The Kier molecular flexibility index (Phi) is 4.31. The van der Waals surface area contributed by atoms with Crippen molar-refractivity contribution in [1.82, 2.24) is 9.97 Å². The number of thioether (sulfide) groups is 1. The molecule has 0 bridgehead atoms. The monoisotopic (exact) mass is 314 g/mol. The summed E-state index contributed by atoms with van der Waals surface area (Å²) in [5.74, 6) is 1.72. The van der Waals surface area contributed by atoms with Crippen LogP contribution in [0.15, 0.2) is 46.8 Å². The number of benzene rings is 1. The van der Waals surface area contributed by atoms with Crippen molar-refractivity contribution < 1.29 is 4.79 Å². The minimum absolute atomic E-state index is 0.208. The van der Waals surface area contributed by atoms with Crippen LogP contribution in [-0.2, 0) is 4.79 Å². The highest BCUT2D eigenvalue weighted by molar-refractivity contribution is 7.99. The summed E-state index contributed by atoms with van der Waals surface area (Å²) in [7, 11) is 0. The van der Waals surface area contributed by atoms with Crippen LogP contribution in [0, 0.1) is 0 Å². The van der Waals surface area contributed by atoms with E-state index in [2.05, 4.69) is 4.98 Å². The van der Waals surface area contributed by atoms with Crippen molar-refractivity contribution >= 4 is 39.8 Å². The van der Waals surface area contributed by atoms with Crippen LogP contribution < -0.4 is 0 Å². The Morgan fingerprint density at radius 2 is 2.05 bits per heavy atom. The number of hydrogen-bond acceptors (Lipinski definition) is 5. The van der Waals surface area contributed by atoms with Crippen molar-refractivity contribution in [3.05, 3.63) is 41.8 Å². The summed E-state index contributed by atoms with van der Waals surface area (Å²) in [6, 6.07) is 12.0. The first kappa shape index (κ1) is 14.2. The minimum Gasteiger partial charge on any atom is -0.300 e. The molecule has 2 aromatic heterocycles. The Morgan fingerprint density at radius 1 is 1.19 bits per heavy atom. The Morgan fingerprint density at radius 3 is 2.81 bits per heavy atom. The number of para-hydroxylation sites is 1. The largest absolute Gasteiger partial charge is 0.300 e. The highest BCUT2D eigenvalue weighted by Crippen LogP contribution is 2.30. The summed E-state index contributed by atoms with van der Waals surface area (Å²) in [4.78, 5) is 21.5. The second-order valence-electron chi connectivity index (χ2n) is 4.65. The van der Waals surface area contributed by atoms with Gasteiger partial charge in [-0.15, -0.1) is 23.1 Å². The molecule has 0 aliphatic carbocycles. The smallest absolute Gasteiger partial charge is 0.171 e. The van der Waals surface area contributed by atoms with E-state index in [9.17, 15) is 4.79 Å². The Bertz CT molecular complexity index is 769. The average Bonchev–Trinajstić information content (AvgIpc) is 3.01. The summed E-state index contributed by atoms with van der Waals surface area (Å²) in [6.07, 6.45) is 0.567. The van der Waals surface area contributed by atoms with Gasteiger partial charge >= 0.3 is 0 Å². The van der Waals surface area contributed by atoms with E-state index in [1.54, 1.807) is 30.0 Å². The number of Topliss-reactive ketones (excluding diaryl/α,β-unsaturated/α-hetero) is 1. The van der Waals surface area contributed by atoms with Gasteiger partial charge in [0.05, 0.1) is 10.4 Å². The maximum atomic E-state index is 11.1. The molecule has 0 radical (unpaired) electrons. The van der Waals surface area contributed by atoms with Gasteiger partial charge in [0.2, 0.25) is 0 Å². The van der Waals surface area contributed by atoms with Crippen molar-refractivity contribution in [1.29, 1.82) is 0 Å². The van der Waals surface area contributed by atoms with E-state index in [-0.39, 0.29) is 5.78 Å². The topological polar surface area (TPSA) is 42.9 Å². The van der Waals surface area contributed by atoms with Gasteiger partial charge in [0.15, 0.2) is 5.82 Å². The van der Waals surface area contributed by atoms with Crippen molar-refractivity contribution in [2.24, 2.45) is 0 Å². The second-order valence-corrected chi connectivity index (χ2v) is 6.68. The molecule has 3 nitrogen and oxygen atoms in total. The van der Waals surface area contributed by atoms with Crippen LogP contribution in [0.2, 0.25) is 0 Å². The summed E-state index contributed by atoms with van der Waals surface area (Å²) < 4.78 is 0. The van der Waals surface area contributed by atoms with Crippen LogP contribution in [0.3, 0.4) is 0 Å². The quantitative estimate of drug-likeness (QED) is 0.516. The fraction of sp³-hybridized carbons (Fsp3) is 0.188. The number of fused-ring (bicyclic) bond motifs is 1. The Labute approximate surface area is 131 Å². The molecule has 3 rings (SSSR count). The van der Waals surface area contributed by atoms with Gasteiger partial charge in [-0.05, 0) is 24.4 Å². The van der Waals surface area contributed by atoms with Crippen LogP contribution >= 0.6 is 23.1 Å². The predicted octanol–water partition coefficient (Wildman–Crippen LogP) is 4.43. The van der Waals surface area contributed by atoms with Gasteiger partial charge in [-0.3, -0.25) is 4.79 Å². The Balaban J connectivity index is 2.01. The molecule has 21 heavy (non-hydrogen) atoms. The molecule has 0 aliphatic rings. The molecule has 3 aromatic rings.